The number of hydrogen-bond donors (Lipinski definition) is 1. The Labute approximate surface area is 80.2 Å². The number of para-hydroxylation sites is 1. The number of hydrogen-bond acceptors (Lipinski definition) is 2. The summed E-state index contributed by atoms with van der Waals surface area (Å²) in [6.07, 6.45) is 3.62. The lowest BCUT2D eigenvalue weighted by Gasteiger charge is -1.94. The van der Waals surface area contributed by atoms with Gasteiger partial charge in [0.1, 0.15) is 0 Å². The van der Waals surface area contributed by atoms with Crippen LogP contribution in [0.1, 0.15) is 0 Å². The summed E-state index contributed by atoms with van der Waals surface area (Å²) >= 11 is 0. The molecule has 4 heteroatoms. The molecule has 2 heterocycles. The van der Waals surface area contributed by atoms with Crippen LogP contribution in [0.4, 0.5) is 0 Å². The largest absolute Gasteiger partial charge is 0.276 e. The second kappa shape index (κ2) is 2.70. The smallest absolute Gasteiger partial charge is 0.182 e. The average molecular weight is 184 g/mol. The van der Waals surface area contributed by atoms with Gasteiger partial charge in [0.15, 0.2) is 5.82 Å². The number of aromatic nitrogens is 4. The van der Waals surface area contributed by atoms with Gasteiger partial charge >= 0.3 is 0 Å². The Balaban J connectivity index is 2.33. The lowest BCUT2D eigenvalue weighted by molar-refractivity contribution is 0.842. The molecule has 3 rings (SSSR count). The first-order chi connectivity index (χ1) is 6.95. The predicted octanol–water partition coefficient (Wildman–Crippen LogP) is 1.75. The van der Waals surface area contributed by atoms with Gasteiger partial charge in [-0.2, -0.15) is 10.2 Å². The molecule has 2 aromatic heterocycles. The second-order valence-electron chi connectivity index (χ2n) is 3.04. The molecule has 0 aliphatic heterocycles. The molecule has 0 fully saturated rings. The van der Waals surface area contributed by atoms with Gasteiger partial charge in [0.25, 0.3) is 0 Å². The third-order valence-electron chi connectivity index (χ3n) is 2.17. The minimum atomic E-state index is 0.839. The minimum absolute atomic E-state index is 0.839. The van der Waals surface area contributed by atoms with E-state index >= 15 is 0 Å². The molecule has 0 aliphatic carbocycles. The summed E-state index contributed by atoms with van der Waals surface area (Å²) in [5, 5.41) is 12.4. The normalized spacial score (nSPS) is 10.9. The molecule has 0 spiro atoms. The molecule has 68 valence electrons. The first-order valence-corrected chi connectivity index (χ1v) is 4.38. The van der Waals surface area contributed by atoms with Crippen LogP contribution in [-0.2, 0) is 0 Å². The van der Waals surface area contributed by atoms with E-state index in [-0.39, 0.29) is 0 Å². The maximum Gasteiger partial charge on any atom is 0.182 e. The van der Waals surface area contributed by atoms with Gasteiger partial charge in [0, 0.05) is 17.8 Å². The van der Waals surface area contributed by atoms with Gasteiger partial charge in [0.05, 0.1) is 5.52 Å². The first kappa shape index (κ1) is 7.32. The van der Waals surface area contributed by atoms with Crippen LogP contribution in [-0.4, -0.2) is 20.0 Å². The summed E-state index contributed by atoms with van der Waals surface area (Å²) in [7, 11) is 0. The Kier molecular flexibility index (Phi) is 1.41. The minimum Gasteiger partial charge on any atom is -0.276 e. The van der Waals surface area contributed by atoms with E-state index in [1.807, 2.05) is 36.5 Å². The van der Waals surface area contributed by atoms with Crippen molar-refractivity contribution in [3.05, 3.63) is 42.7 Å². The average Bonchev–Trinajstić information content (AvgIpc) is 2.85. The highest BCUT2D eigenvalue weighted by molar-refractivity contribution is 5.85. The standard InChI is InChI=1S/C10H8N4/c1-2-5-9-8(4-1)10(13-12-9)14-7-3-6-11-14/h1-7H,(H,12,13). The van der Waals surface area contributed by atoms with Crippen LogP contribution >= 0.6 is 0 Å². The van der Waals surface area contributed by atoms with Crippen LogP contribution in [0.5, 0.6) is 0 Å². The highest BCUT2D eigenvalue weighted by atomic mass is 15.3. The quantitative estimate of drug-likeness (QED) is 0.626. The number of benzene rings is 1. The Morgan fingerprint density at radius 2 is 2.07 bits per heavy atom. The zero-order chi connectivity index (χ0) is 9.38. The summed E-state index contributed by atoms with van der Waals surface area (Å²) in [5.74, 6) is 0.839. The highest BCUT2D eigenvalue weighted by Crippen LogP contribution is 2.17. The van der Waals surface area contributed by atoms with Gasteiger partial charge in [-0.15, -0.1) is 0 Å². The van der Waals surface area contributed by atoms with Crippen molar-refractivity contribution in [2.45, 2.75) is 0 Å². The van der Waals surface area contributed by atoms with E-state index in [1.54, 1.807) is 10.9 Å². The highest BCUT2D eigenvalue weighted by Gasteiger charge is 2.05. The van der Waals surface area contributed by atoms with E-state index in [2.05, 4.69) is 15.3 Å². The third-order valence-corrected chi connectivity index (χ3v) is 2.17. The van der Waals surface area contributed by atoms with Crippen molar-refractivity contribution in [2.75, 3.05) is 0 Å². The fourth-order valence-corrected chi connectivity index (χ4v) is 1.52. The predicted molar refractivity (Wildman–Crippen MR) is 53.2 cm³/mol. The van der Waals surface area contributed by atoms with Crippen LogP contribution in [0, 0.1) is 0 Å². The van der Waals surface area contributed by atoms with Crippen molar-refractivity contribution in [3.63, 3.8) is 0 Å². The number of rotatable bonds is 1. The molecule has 3 aromatic rings. The maximum absolute atomic E-state index is 4.21. The van der Waals surface area contributed by atoms with Crippen molar-refractivity contribution in [1.29, 1.82) is 0 Å². The van der Waals surface area contributed by atoms with Gasteiger partial charge in [0.2, 0.25) is 0 Å². The molecule has 0 radical (unpaired) electrons. The summed E-state index contributed by atoms with van der Waals surface area (Å²) in [6.45, 7) is 0. The zero-order valence-electron chi connectivity index (χ0n) is 7.38. The third kappa shape index (κ3) is 0.939. The molecular formula is C10H8N4. The number of nitrogens with one attached hydrogen (secondary N) is 1. The monoisotopic (exact) mass is 184 g/mol. The number of fused-ring (bicyclic) bond motifs is 1. The van der Waals surface area contributed by atoms with Crippen LogP contribution in [0.3, 0.4) is 0 Å². The molecule has 0 aliphatic rings. The second-order valence-corrected chi connectivity index (χ2v) is 3.04. The number of aromatic amines is 1. The summed E-state index contributed by atoms with van der Waals surface area (Å²) in [4.78, 5) is 0. The molecule has 0 unspecified atom stereocenters. The molecule has 0 saturated carbocycles. The molecule has 0 amide bonds. The van der Waals surface area contributed by atoms with Gasteiger partial charge < -0.3 is 0 Å². The Morgan fingerprint density at radius 1 is 1.14 bits per heavy atom. The Hall–Kier alpha value is -2.10. The molecule has 14 heavy (non-hydrogen) atoms. The van der Waals surface area contributed by atoms with Crippen molar-refractivity contribution in [1.82, 2.24) is 20.0 Å². The van der Waals surface area contributed by atoms with Crippen LogP contribution in [0.2, 0.25) is 0 Å². The molecular weight excluding hydrogens is 176 g/mol. The maximum atomic E-state index is 4.21. The van der Waals surface area contributed by atoms with Gasteiger partial charge in [-0.1, -0.05) is 12.1 Å². The van der Waals surface area contributed by atoms with Crippen molar-refractivity contribution < 1.29 is 0 Å². The van der Waals surface area contributed by atoms with E-state index in [0.717, 1.165) is 16.7 Å². The topological polar surface area (TPSA) is 46.5 Å². The zero-order valence-corrected chi connectivity index (χ0v) is 7.38. The summed E-state index contributed by atoms with van der Waals surface area (Å²) < 4.78 is 1.75. The van der Waals surface area contributed by atoms with Gasteiger partial charge in [-0.3, -0.25) is 5.10 Å². The van der Waals surface area contributed by atoms with E-state index < -0.39 is 0 Å². The lowest BCUT2D eigenvalue weighted by Crippen LogP contribution is -1.94. The van der Waals surface area contributed by atoms with Gasteiger partial charge in [-0.05, 0) is 18.2 Å². The van der Waals surface area contributed by atoms with E-state index in [1.165, 1.54) is 0 Å². The first-order valence-electron chi connectivity index (χ1n) is 4.38. The van der Waals surface area contributed by atoms with Crippen molar-refractivity contribution in [3.8, 4) is 5.82 Å². The Bertz CT molecular complexity index is 550. The fraction of sp³-hybridized carbons (Fsp3) is 0. The van der Waals surface area contributed by atoms with E-state index in [0.29, 0.717) is 0 Å². The SMILES string of the molecule is c1ccc2c(-n3cccn3)n[nH]c2c1. The molecule has 0 atom stereocenters. The number of H-pyrrole nitrogens is 1. The van der Waals surface area contributed by atoms with Crippen molar-refractivity contribution >= 4 is 10.9 Å². The van der Waals surface area contributed by atoms with E-state index in [9.17, 15) is 0 Å². The van der Waals surface area contributed by atoms with Crippen LogP contribution in [0.15, 0.2) is 42.7 Å². The van der Waals surface area contributed by atoms with E-state index in [4.69, 9.17) is 0 Å². The molecule has 4 nitrogen and oxygen atoms in total. The van der Waals surface area contributed by atoms with Gasteiger partial charge in [-0.25, -0.2) is 4.68 Å². The molecule has 1 aromatic carbocycles. The molecule has 0 bridgehead atoms. The lowest BCUT2D eigenvalue weighted by atomic mass is 10.2. The fourth-order valence-electron chi connectivity index (χ4n) is 1.52. The summed E-state index contributed by atoms with van der Waals surface area (Å²) in [6, 6.07) is 9.87. The van der Waals surface area contributed by atoms with Crippen LogP contribution in [0.25, 0.3) is 16.7 Å². The van der Waals surface area contributed by atoms with Crippen molar-refractivity contribution in [2.24, 2.45) is 0 Å². The molecule has 1 N–H and O–H groups in total. The number of nitrogens with zero attached hydrogens (tertiary/aromatic N) is 3. The summed E-state index contributed by atoms with van der Waals surface area (Å²) in [5.41, 5.74) is 1.03. The van der Waals surface area contributed by atoms with Crippen LogP contribution < -0.4 is 0 Å². The Morgan fingerprint density at radius 3 is 2.93 bits per heavy atom. The molecule has 0 saturated heterocycles.